The van der Waals surface area contributed by atoms with Gasteiger partial charge in [0.25, 0.3) is 0 Å². The van der Waals surface area contributed by atoms with Crippen LogP contribution in [0.15, 0.2) is 21.7 Å². The Morgan fingerprint density at radius 3 is 3.07 bits per heavy atom. The van der Waals surface area contributed by atoms with E-state index in [2.05, 4.69) is 35.0 Å². The lowest BCUT2D eigenvalue weighted by Gasteiger charge is -2.09. The van der Waals surface area contributed by atoms with Gasteiger partial charge >= 0.3 is 0 Å². The minimum atomic E-state index is 0.727. The van der Waals surface area contributed by atoms with E-state index >= 15 is 0 Å². The molecule has 0 bridgehead atoms. The third-order valence-electron chi connectivity index (χ3n) is 2.96. The standard InChI is InChI=1S/C13H20BrCl/c1-2-3-6-11-7-4-5-8-12(9-11)10-13(14)15/h9-11H,2-8H2,1H3. The highest BCUT2D eigenvalue weighted by molar-refractivity contribution is 9.12. The first-order valence-electron chi connectivity index (χ1n) is 5.95. The summed E-state index contributed by atoms with van der Waals surface area (Å²) in [5.74, 6) is 0.780. The van der Waals surface area contributed by atoms with Crippen LogP contribution in [0.1, 0.15) is 51.9 Å². The lowest BCUT2D eigenvalue weighted by atomic mass is 9.96. The molecule has 0 radical (unpaired) electrons. The molecule has 0 spiro atoms. The summed E-state index contributed by atoms with van der Waals surface area (Å²) in [6, 6.07) is 0. The largest absolute Gasteiger partial charge is 0.0836 e. The number of halogens is 2. The van der Waals surface area contributed by atoms with E-state index in [0.717, 1.165) is 9.86 Å². The van der Waals surface area contributed by atoms with Crippen molar-refractivity contribution in [2.45, 2.75) is 51.9 Å². The Kier molecular flexibility index (Phi) is 6.67. The van der Waals surface area contributed by atoms with Crippen molar-refractivity contribution < 1.29 is 0 Å². The zero-order chi connectivity index (χ0) is 11.1. The van der Waals surface area contributed by atoms with Gasteiger partial charge in [-0.25, -0.2) is 0 Å². The predicted octanol–water partition coefficient (Wildman–Crippen LogP) is 5.77. The molecule has 0 fully saturated rings. The zero-order valence-electron chi connectivity index (χ0n) is 9.44. The van der Waals surface area contributed by atoms with E-state index in [1.807, 2.05) is 0 Å². The van der Waals surface area contributed by atoms with Crippen LogP contribution in [0, 0.1) is 5.92 Å². The fourth-order valence-corrected chi connectivity index (χ4v) is 2.59. The minimum absolute atomic E-state index is 0.727. The monoisotopic (exact) mass is 290 g/mol. The maximum atomic E-state index is 5.85. The molecule has 1 atom stereocenters. The Bertz CT molecular complexity index is 239. The number of unbranched alkanes of at least 4 members (excludes halogenated alkanes) is 1. The summed E-state index contributed by atoms with van der Waals surface area (Å²) < 4.78 is 0.727. The average Bonchev–Trinajstić information content (AvgIpc) is 2.39. The van der Waals surface area contributed by atoms with Crippen LogP contribution in [-0.4, -0.2) is 0 Å². The predicted molar refractivity (Wildman–Crippen MR) is 72.4 cm³/mol. The van der Waals surface area contributed by atoms with Crippen molar-refractivity contribution in [3.8, 4) is 0 Å². The van der Waals surface area contributed by atoms with Gasteiger partial charge in [-0.1, -0.05) is 43.9 Å². The van der Waals surface area contributed by atoms with Gasteiger partial charge in [0, 0.05) is 0 Å². The Morgan fingerprint density at radius 2 is 2.40 bits per heavy atom. The lowest BCUT2D eigenvalue weighted by Crippen LogP contribution is -1.95. The van der Waals surface area contributed by atoms with Crippen LogP contribution < -0.4 is 0 Å². The highest BCUT2D eigenvalue weighted by Crippen LogP contribution is 2.28. The molecule has 1 rings (SSSR count). The van der Waals surface area contributed by atoms with Crippen molar-refractivity contribution in [3.63, 3.8) is 0 Å². The van der Waals surface area contributed by atoms with Crippen LogP contribution in [0.25, 0.3) is 0 Å². The fraction of sp³-hybridized carbons (Fsp3) is 0.692. The molecule has 0 saturated carbocycles. The topological polar surface area (TPSA) is 0 Å². The van der Waals surface area contributed by atoms with Gasteiger partial charge in [0.05, 0.1) is 3.94 Å². The normalized spacial score (nSPS) is 23.5. The molecule has 0 N–H and O–H groups in total. The minimum Gasteiger partial charge on any atom is -0.0781 e. The van der Waals surface area contributed by atoms with Crippen LogP contribution in [0.3, 0.4) is 0 Å². The molecular weight excluding hydrogens is 272 g/mol. The second-order valence-electron chi connectivity index (χ2n) is 4.32. The second kappa shape index (κ2) is 7.51. The first-order chi connectivity index (χ1) is 7.22. The van der Waals surface area contributed by atoms with E-state index in [4.69, 9.17) is 11.6 Å². The summed E-state index contributed by atoms with van der Waals surface area (Å²) in [6.07, 6.45) is 13.7. The Labute approximate surface area is 107 Å². The van der Waals surface area contributed by atoms with Crippen LogP contribution in [-0.2, 0) is 0 Å². The molecule has 0 aromatic rings. The SMILES string of the molecule is CCCCC1C=C(C=C(Cl)Br)CCCC1. The van der Waals surface area contributed by atoms with Crippen LogP contribution >= 0.6 is 27.5 Å². The smallest absolute Gasteiger partial charge is 0.0781 e. The third-order valence-corrected chi connectivity index (χ3v) is 3.30. The highest BCUT2D eigenvalue weighted by Gasteiger charge is 2.10. The van der Waals surface area contributed by atoms with Gasteiger partial charge in [-0.2, -0.15) is 0 Å². The molecule has 0 amide bonds. The molecule has 0 aromatic heterocycles. The first kappa shape index (κ1) is 13.3. The lowest BCUT2D eigenvalue weighted by molar-refractivity contribution is 0.503. The van der Waals surface area contributed by atoms with Gasteiger partial charge in [-0.3, -0.25) is 0 Å². The first-order valence-corrected chi connectivity index (χ1v) is 7.13. The fourth-order valence-electron chi connectivity index (χ4n) is 2.16. The number of allylic oxidation sites excluding steroid dienone is 3. The Balaban J connectivity index is 2.58. The van der Waals surface area contributed by atoms with E-state index in [9.17, 15) is 0 Å². The van der Waals surface area contributed by atoms with Gasteiger partial charge in [-0.15, -0.1) is 0 Å². The molecule has 0 saturated heterocycles. The average molecular weight is 292 g/mol. The molecule has 0 nitrogen and oxygen atoms in total. The molecular formula is C13H20BrCl. The summed E-state index contributed by atoms with van der Waals surface area (Å²) in [7, 11) is 0. The number of rotatable bonds is 4. The van der Waals surface area contributed by atoms with E-state index in [1.54, 1.807) is 0 Å². The van der Waals surface area contributed by atoms with Gasteiger partial charge in [0.15, 0.2) is 0 Å². The third kappa shape index (κ3) is 5.77. The molecule has 0 aromatic carbocycles. The van der Waals surface area contributed by atoms with Crippen molar-refractivity contribution in [2.75, 3.05) is 0 Å². The highest BCUT2D eigenvalue weighted by atomic mass is 79.9. The van der Waals surface area contributed by atoms with Gasteiger partial charge in [0.1, 0.15) is 0 Å². The quantitative estimate of drug-likeness (QED) is 0.617. The van der Waals surface area contributed by atoms with Crippen molar-refractivity contribution in [1.29, 1.82) is 0 Å². The zero-order valence-corrected chi connectivity index (χ0v) is 11.8. The van der Waals surface area contributed by atoms with E-state index < -0.39 is 0 Å². The van der Waals surface area contributed by atoms with Crippen LogP contribution in [0.2, 0.25) is 0 Å². The summed E-state index contributed by atoms with van der Waals surface area (Å²) >= 11 is 9.15. The Hall–Kier alpha value is 0.250. The molecule has 1 aliphatic rings. The molecule has 1 unspecified atom stereocenters. The van der Waals surface area contributed by atoms with Crippen molar-refractivity contribution >= 4 is 27.5 Å². The summed E-state index contributed by atoms with van der Waals surface area (Å²) in [6.45, 7) is 2.26. The number of hydrogen-bond acceptors (Lipinski definition) is 0. The van der Waals surface area contributed by atoms with Gasteiger partial charge in [-0.05, 0) is 59.2 Å². The van der Waals surface area contributed by atoms with Crippen molar-refractivity contribution in [3.05, 3.63) is 21.7 Å². The van der Waals surface area contributed by atoms with Crippen molar-refractivity contribution in [1.82, 2.24) is 0 Å². The van der Waals surface area contributed by atoms with E-state index in [0.29, 0.717) is 0 Å². The molecule has 1 aliphatic carbocycles. The maximum absolute atomic E-state index is 5.85. The summed E-state index contributed by atoms with van der Waals surface area (Å²) in [5, 5.41) is 0. The van der Waals surface area contributed by atoms with Crippen LogP contribution in [0.5, 0.6) is 0 Å². The van der Waals surface area contributed by atoms with Gasteiger partial charge < -0.3 is 0 Å². The maximum Gasteiger partial charge on any atom is 0.0836 e. The summed E-state index contributed by atoms with van der Waals surface area (Å²) in [5.41, 5.74) is 1.41. The van der Waals surface area contributed by atoms with Crippen molar-refractivity contribution in [2.24, 2.45) is 5.92 Å². The Morgan fingerprint density at radius 1 is 1.60 bits per heavy atom. The molecule has 0 aliphatic heterocycles. The molecule has 2 heteroatoms. The second-order valence-corrected chi connectivity index (χ2v) is 6.04. The molecule has 15 heavy (non-hydrogen) atoms. The van der Waals surface area contributed by atoms with Crippen LogP contribution in [0.4, 0.5) is 0 Å². The molecule has 0 heterocycles. The number of hydrogen-bond donors (Lipinski definition) is 0. The van der Waals surface area contributed by atoms with E-state index in [-0.39, 0.29) is 0 Å². The summed E-state index contributed by atoms with van der Waals surface area (Å²) in [4.78, 5) is 0. The van der Waals surface area contributed by atoms with E-state index in [1.165, 1.54) is 50.5 Å². The molecule has 86 valence electrons. The van der Waals surface area contributed by atoms with Gasteiger partial charge in [0.2, 0.25) is 0 Å².